The predicted molar refractivity (Wildman–Crippen MR) is 403 cm³/mol. The van der Waals surface area contributed by atoms with E-state index in [1.54, 1.807) is 0 Å². The van der Waals surface area contributed by atoms with E-state index in [1.165, 1.54) is 50.4 Å². The number of aromatic hydroxyl groups is 4. The molecule has 3 saturated heterocycles. The summed E-state index contributed by atoms with van der Waals surface area (Å²) in [6.07, 6.45) is -27.4. The molecule has 41 heteroatoms. The number of carboxylic acids is 1. The Kier molecular flexibility index (Phi) is 25.8. The summed E-state index contributed by atoms with van der Waals surface area (Å²) >= 11 is 21.2. The van der Waals surface area contributed by atoms with Crippen LogP contribution in [0, 0.1) is 0 Å². The van der Waals surface area contributed by atoms with Crippen molar-refractivity contribution in [3.8, 4) is 51.7 Å². The van der Waals surface area contributed by atoms with Crippen molar-refractivity contribution in [3.05, 3.63) is 181 Å². The van der Waals surface area contributed by atoms with Crippen LogP contribution in [0.1, 0.15) is 94.6 Å². The molecule has 38 nitrogen and oxygen atoms in total. The largest absolute Gasteiger partial charge is 0.508 e. The van der Waals surface area contributed by atoms with Crippen molar-refractivity contribution in [2.45, 2.75) is 166 Å². The lowest BCUT2D eigenvalue weighted by Crippen LogP contribution is -2.61. The van der Waals surface area contributed by atoms with Crippen LogP contribution in [0.15, 0.2) is 127 Å². The van der Waals surface area contributed by atoms with Gasteiger partial charge in [0, 0.05) is 30.0 Å². The maximum Gasteiger partial charge on any atom is 0.330 e. The van der Waals surface area contributed by atoms with Crippen molar-refractivity contribution in [2.24, 2.45) is 5.73 Å². The van der Waals surface area contributed by atoms with Crippen LogP contribution in [0.25, 0.3) is 0 Å². The van der Waals surface area contributed by atoms with Gasteiger partial charge in [0.1, 0.15) is 132 Å². The van der Waals surface area contributed by atoms with E-state index in [2.05, 4.69) is 37.2 Å². The van der Waals surface area contributed by atoms with Crippen LogP contribution < -0.4 is 57.2 Å². The second-order valence-electron chi connectivity index (χ2n) is 28.8. The molecular formula is C77H81Cl3N8O30. The topological polar surface area (TPSA) is 607 Å². The summed E-state index contributed by atoms with van der Waals surface area (Å²) in [5.74, 6) is -17.3. The number of amides is 6. The smallest absolute Gasteiger partial charge is 0.330 e. The molecule has 11 bridgehead atoms. The van der Waals surface area contributed by atoms with E-state index >= 15 is 28.8 Å². The number of nitrogens with one attached hydrogen (secondary N) is 7. The van der Waals surface area contributed by atoms with Crippen molar-refractivity contribution >= 4 is 76.2 Å². The van der Waals surface area contributed by atoms with Crippen LogP contribution in [-0.4, -0.2) is 248 Å². The zero-order valence-electron chi connectivity index (χ0n) is 61.6. The molecule has 3 fully saturated rings. The molecule has 6 amide bonds. The second kappa shape index (κ2) is 35.4. The number of aliphatic hydroxyl groups is 10. The Hall–Kier alpha value is -10.1. The Labute approximate surface area is 682 Å². The number of phenols is 4. The Morgan fingerprint density at radius 2 is 1.13 bits per heavy atom. The molecule has 25 atom stereocenters. The van der Waals surface area contributed by atoms with Crippen LogP contribution >= 0.6 is 34.8 Å². The molecule has 118 heavy (non-hydrogen) atoms. The molecule has 0 saturated carbocycles. The van der Waals surface area contributed by atoms with Gasteiger partial charge >= 0.3 is 5.97 Å². The molecule has 0 radical (unpaired) electrons. The van der Waals surface area contributed by atoms with Crippen molar-refractivity contribution in [1.82, 2.24) is 37.2 Å². The second-order valence-corrected chi connectivity index (χ2v) is 30.0. The van der Waals surface area contributed by atoms with E-state index in [-0.39, 0.29) is 40.0 Å². The van der Waals surface area contributed by atoms with Gasteiger partial charge in [-0.25, -0.2) is 4.79 Å². The van der Waals surface area contributed by atoms with Crippen LogP contribution in [0.3, 0.4) is 0 Å². The van der Waals surface area contributed by atoms with Gasteiger partial charge in [-0.05, 0) is 120 Å². The SMILES string of the molecule is CN[C@H](C(=O)N[C@H]1C(=O)N[C@H](c2ccc(O)c(Cl)c2)C(=O)N[C@@H]2C(=O)N[C@H]3C(=O)N[C@@H](C(=O)N[C@H](C(=O)O)c4cc(O)cc(O)c4C4C=C3C=CC4O)[C@@H](O[C@H]3C[C@@H](N)[C@@H](O)[C@@H](C)O3)c3ccc(c(Cl)c3)Oc3cc2cc(c3O[C@@H]2O[C@H](CO)[C@@H](O)[C@H](O)[C@H]2O)Oc2ccc(cc2Cl)[C@H]1O[C@@H]1O[C@H](CO)[C@@H](O)[C@H](O)[C@H]1O)c1ccc(O)cc1. The number of halogens is 3. The summed E-state index contributed by atoms with van der Waals surface area (Å²) < 4.78 is 50.7. The molecule has 2 unspecified atom stereocenters. The predicted octanol–water partition coefficient (Wildman–Crippen LogP) is -0.676. The number of fused-ring (bicyclic) bond motifs is 14. The highest BCUT2D eigenvalue weighted by Crippen LogP contribution is 2.50. The highest BCUT2D eigenvalue weighted by molar-refractivity contribution is 6.33. The summed E-state index contributed by atoms with van der Waals surface area (Å²) in [6, 6.07) is 2.33. The lowest BCUT2D eigenvalue weighted by Gasteiger charge is -2.42. The van der Waals surface area contributed by atoms with E-state index in [9.17, 15) is 81.4 Å². The standard InChI is InChI=1S/C77H81Cl3N8O30/c1-26-59(96)40(81)23-50(111-26)116-66-30-7-13-44(38(79)17-30)112-46-19-32-20-47(68(46)118-77-65(102)63(100)61(98)49(25-90)115-77)113-45-14-8-31(18-39(45)80)67(117-76-64(101)62(99)60(97)48(24-89)114-76)58(87-69(103)52(82-2)27-3-9-33(91)10-4-27)73(107)84-54(29-6-12-42(94)37(78)16-29)70(104)85-55(32)72(106)83-53-28-5-11-41(93)35(15-28)51-36(21-34(92)22-43(51)95)56(75(109)110)86-74(108)57(66)88-71(53)105/h3-22,26,35,40-41,48-50,52-67,76-77,82,89-102H,23-25,81H2,1-2H3,(H,83,106)(H,84,107)(H,85,104)(H,86,108)(H,87,103)(H,88,105)(H,109,110)/t26-,35?,40-,41?,48-,49-,50+,52+,53-,54-,55+,56+,57-,58-,59+,60-,61-,62+,63+,64-,65-,66+,67-,76+,77+/m1/s1. The first kappa shape index (κ1) is 85.8. The summed E-state index contributed by atoms with van der Waals surface area (Å²) in [4.78, 5) is 110. The molecule has 8 heterocycles. The van der Waals surface area contributed by atoms with Gasteiger partial charge < -0.3 is 157 Å². The molecule has 1 aliphatic carbocycles. The number of ether oxygens (including phenoxy) is 8. The third-order valence-electron chi connectivity index (χ3n) is 21.1. The fourth-order valence-electron chi connectivity index (χ4n) is 14.8. The maximum atomic E-state index is 16.6. The van der Waals surface area contributed by atoms with Gasteiger partial charge in [-0.3, -0.25) is 28.8 Å². The number of carbonyl (C=O) groups is 7. The number of rotatable bonds is 14. The normalized spacial score (nSPS) is 32.0. The summed E-state index contributed by atoms with van der Waals surface area (Å²) in [7, 11) is 1.35. The van der Waals surface area contributed by atoms with Crippen LogP contribution in [-0.2, 0) is 57.2 Å². The first-order chi connectivity index (χ1) is 56.1. The van der Waals surface area contributed by atoms with Gasteiger partial charge in [0.2, 0.25) is 47.5 Å². The van der Waals surface area contributed by atoms with Crippen LogP contribution in [0.2, 0.25) is 15.1 Å². The van der Waals surface area contributed by atoms with Gasteiger partial charge in [0.25, 0.3) is 0 Å². The first-order valence-electron chi connectivity index (χ1n) is 36.6. The monoisotopic (exact) mass is 1700 g/mol. The van der Waals surface area contributed by atoms with Crippen molar-refractivity contribution < 1.29 is 148 Å². The molecule has 6 aromatic carbocycles. The van der Waals surface area contributed by atoms with Crippen molar-refractivity contribution in [3.63, 3.8) is 0 Å². The number of carboxylic acid groups (broad SMARTS) is 1. The van der Waals surface area contributed by atoms with E-state index in [4.69, 9.17) is 78.4 Å². The van der Waals surface area contributed by atoms with Gasteiger partial charge in [-0.2, -0.15) is 0 Å². The van der Waals surface area contributed by atoms with Gasteiger partial charge in [0.05, 0.1) is 46.6 Å². The molecule has 9 aliphatic rings. The number of likely N-dealkylation sites (N-methyl/N-ethyl adjacent to an activating group) is 1. The average molecular weight is 1700 g/mol. The van der Waals surface area contributed by atoms with E-state index in [0.29, 0.717) is 0 Å². The molecule has 0 aromatic heterocycles. The van der Waals surface area contributed by atoms with Crippen LogP contribution in [0.4, 0.5) is 0 Å². The van der Waals surface area contributed by atoms with Gasteiger partial charge in [-0.1, -0.05) is 83.4 Å². The lowest BCUT2D eigenvalue weighted by atomic mass is 9.80. The summed E-state index contributed by atoms with van der Waals surface area (Å²) in [5.41, 5.74) is 3.90. The first-order valence-corrected chi connectivity index (χ1v) is 37.7. The van der Waals surface area contributed by atoms with E-state index in [1.807, 2.05) is 0 Å². The number of phenolic OH excluding ortho intramolecular Hbond substituents is 4. The van der Waals surface area contributed by atoms with E-state index in [0.717, 1.165) is 85.0 Å². The molecule has 630 valence electrons. The number of hydrogen-bond acceptors (Lipinski definition) is 31. The highest BCUT2D eigenvalue weighted by atomic mass is 35.5. The van der Waals surface area contributed by atoms with Crippen molar-refractivity contribution in [2.75, 3.05) is 20.3 Å². The minimum atomic E-state index is -2.45. The van der Waals surface area contributed by atoms with Gasteiger partial charge in [-0.15, -0.1) is 0 Å². The lowest BCUT2D eigenvalue weighted by molar-refractivity contribution is -0.313. The highest BCUT2D eigenvalue weighted by Gasteiger charge is 2.51. The molecule has 8 aliphatic heterocycles. The summed E-state index contributed by atoms with van der Waals surface area (Å²) in [6.45, 7) is -0.594. The Balaban J connectivity index is 1.07. The molecule has 6 aromatic rings. The average Bonchev–Trinajstić information content (AvgIpc) is 0.763. The molecule has 15 rings (SSSR count). The fraction of sp³-hybridized carbons (Fsp3) is 0.390. The number of nitrogens with two attached hydrogens (primary N) is 1. The Morgan fingerprint density at radius 1 is 0.568 bits per heavy atom. The number of benzene rings is 6. The number of hydrogen-bond donors (Lipinski definition) is 23. The minimum Gasteiger partial charge on any atom is -0.508 e. The maximum absolute atomic E-state index is 16.6. The zero-order chi connectivity index (χ0) is 84.9. The Morgan fingerprint density at radius 3 is 1.71 bits per heavy atom. The molecule has 24 N–H and O–H groups in total. The molecular weight excluding hydrogens is 1620 g/mol. The molecule has 0 spiro atoms. The van der Waals surface area contributed by atoms with Crippen LogP contribution in [0.5, 0.6) is 51.7 Å². The third-order valence-corrected chi connectivity index (χ3v) is 21.9. The van der Waals surface area contributed by atoms with Gasteiger partial charge in [0.15, 0.2) is 30.1 Å². The van der Waals surface area contributed by atoms with Crippen molar-refractivity contribution in [1.29, 1.82) is 0 Å². The van der Waals surface area contributed by atoms with E-state index < -0.39 is 285 Å². The third kappa shape index (κ3) is 17.5. The number of aliphatic carboxylic acids is 1. The quantitative estimate of drug-likeness (QED) is 0.0643. The number of carbonyl (C=O) groups excluding carboxylic acids is 6. The zero-order valence-corrected chi connectivity index (χ0v) is 63.9. The Bertz CT molecular complexity index is 4900. The number of aliphatic hydroxyl groups excluding tert-OH is 10. The fourth-order valence-corrected chi connectivity index (χ4v) is 15.4. The summed E-state index contributed by atoms with van der Waals surface area (Å²) in [5, 5.41) is 184. The minimum absolute atomic E-state index is 0.163.